The lowest BCUT2D eigenvalue weighted by Crippen LogP contribution is -2.11. The van der Waals surface area contributed by atoms with Gasteiger partial charge < -0.3 is 18.9 Å². The summed E-state index contributed by atoms with van der Waals surface area (Å²) in [6.45, 7) is 11.6. The molecule has 14 heavy (non-hydrogen) atoms. The van der Waals surface area contributed by atoms with Crippen molar-refractivity contribution in [2.45, 2.75) is 0 Å². The molecule has 0 aromatic heterocycles. The van der Waals surface area contributed by atoms with Gasteiger partial charge in [0, 0.05) is 13.2 Å². The Kier molecular flexibility index (Phi) is 12.7. The summed E-state index contributed by atoms with van der Waals surface area (Å²) < 4.78 is 20.4. The third-order valence-corrected chi connectivity index (χ3v) is 1.40. The lowest BCUT2D eigenvalue weighted by atomic mass is 10.7. The highest BCUT2D eigenvalue weighted by atomic mass is 16.6. The first kappa shape index (κ1) is 13.8. The van der Waals surface area contributed by atoms with Crippen LogP contribution in [0.3, 0.4) is 0 Å². The van der Waals surface area contributed by atoms with Crippen LogP contribution in [0, 0.1) is 13.8 Å². The lowest BCUT2D eigenvalue weighted by molar-refractivity contribution is 0.00365. The number of rotatable bonds is 11. The van der Waals surface area contributed by atoms with Crippen molar-refractivity contribution in [1.29, 1.82) is 0 Å². The molecule has 0 aromatic carbocycles. The van der Waals surface area contributed by atoms with Gasteiger partial charge in [0.1, 0.15) is 0 Å². The Morgan fingerprint density at radius 3 is 1.07 bits per heavy atom. The van der Waals surface area contributed by atoms with Gasteiger partial charge in [-0.05, 0) is 13.8 Å². The lowest BCUT2D eigenvalue weighted by Gasteiger charge is -2.05. The first-order chi connectivity index (χ1) is 6.91. The predicted molar refractivity (Wildman–Crippen MR) is 54.0 cm³/mol. The van der Waals surface area contributed by atoms with Crippen LogP contribution in [0.2, 0.25) is 0 Å². The summed E-state index contributed by atoms with van der Waals surface area (Å²) in [6, 6.07) is 0. The highest BCUT2D eigenvalue weighted by Crippen LogP contribution is 1.81. The molecular formula is C10H20O4. The van der Waals surface area contributed by atoms with E-state index in [-0.39, 0.29) is 0 Å². The summed E-state index contributed by atoms with van der Waals surface area (Å²) in [5.41, 5.74) is 0. The Hall–Kier alpha value is -0.160. The molecular weight excluding hydrogens is 184 g/mol. The number of hydrogen-bond donors (Lipinski definition) is 0. The van der Waals surface area contributed by atoms with Gasteiger partial charge in [-0.15, -0.1) is 0 Å². The molecule has 0 aliphatic rings. The summed E-state index contributed by atoms with van der Waals surface area (Å²) in [5.74, 6) is 0. The van der Waals surface area contributed by atoms with Gasteiger partial charge in [-0.2, -0.15) is 0 Å². The molecule has 0 saturated carbocycles. The average molecular weight is 204 g/mol. The Morgan fingerprint density at radius 1 is 0.500 bits per heavy atom. The van der Waals surface area contributed by atoms with E-state index < -0.39 is 0 Å². The molecule has 2 radical (unpaired) electrons. The fourth-order valence-electron chi connectivity index (χ4n) is 0.762. The Balaban J connectivity index is 2.78. The molecule has 0 amide bonds. The first-order valence-corrected chi connectivity index (χ1v) is 4.81. The second-order valence-corrected chi connectivity index (χ2v) is 2.45. The topological polar surface area (TPSA) is 36.9 Å². The highest BCUT2D eigenvalue weighted by molar-refractivity contribution is 4.36. The van der Waals surface area contributed by atoms with Crippen LogP contribution in [-0.2, 0) is 18.9 Å². The zero-order valence-corrected chi connectivity index (χ0v) is 8.70. The van der Waals surface area contributed by atoms with Gasteiger partial charge in [0.25, 0.3) is 0 Å². The molecule has 84 valence electrons. The summed E-state index contributed by atoms with van der Waals surface area (Å²) in [4.78, 5) is 0. The van der Waals surface area contributed by atoms with E-state index in [0.29, 0.717) is 52.9 Å². The standard InChI is InChI=1S/C10H20O4/c1-3-11-5-7-13-9-10-14-8-6-12-4-2/h1-10H2. The molecule has 0 unspecified atom stereocenters. The van der Waals surface area contributed by atoms with Gasteiger partial charge in [0.05, 0.1) is 39.6 Å². The molecule has 0 aliphatic heterocycles. The maximum absolute atomic E-state index is 5.21. The minimum atomic E-state index is 0.488. The summed E-state index contributed by atoms with van der Waals surface area (Å²) in [6.07, 6.45) is 0. The van der Waals surface area contributed by atoms with Crippen LogP contribution in [-0.4, -0.2) is 52.9 Å². The summed E-state index contributed by atoms with van der Waals surface area (Å²) >= 11 is 0. The highest BCUT2D eigenvalue weighted by Gasteiger charge is 1.90. The minimum Gasteiger partial charge on any atom is -0.379 e. The smallest absolute Gasteiger partial charge is 0.0701 e. The molecule has 4 nitrogen and oxygen atoms in total. The fraction of sp³-hybridized carbons (Fsp3) is 0.800. The van der Waals surface area contributed by atoms with Crippen molar-refractivity contribution in [3.8, 4) is 0 Å². The Labute approximate surface area is 86.5 Å². The molecule has 0 rings (SSSR count). The second kappa shape index (κ2) is 12.8. The van der Waals surface area contributed by atoms with Crippen molar-refractivity contribution >= 4 is 0 Å². The van der Waals surface area contributed by atoms with Gasteiger partial charge in [-0.3, -0.25) is 0 Å². The second-order valence-electron chi connectivity index (χ2n) is 2.45. The molecule has 0 spiro atoms. The number of ether oxygens (including phenoxy) is 4. The van der Waals surface area contributed by atoms with Crippen molar-refractivity contribution in [2.24, 2.45) is 0 Å². The van der Waals surface area contributed by atoms with Gasteiger partial charge in [-0.25, -0.2) is 0 Å². The monoisotopic (exact) mass is 204 g/mol. The molecule has 0 saturated heterocycles. The normalized spacial score (nSPS) is 10.7. The fourth-order valence-corrected chi connectivity index (χ4v) is 0.762. The molecule has 0 aromatic rings. The largest absolute Gasteiger partial charge is 0.379 e. The van der Waals surface area contributed by atoms with Crippen LogP contribution in [0.5, 0.6) is 0 Å². The minimum absolute atomic E-state index is 0.488. The van der Waals surface area contributed by atoms with E-state index in [0.717, 1.165) is 0 Å². The summed E-state index contributed by atoms with van der Waals surface area (Å²) in [5, 5.41) is 0. The molecule has 0 atom stereocenters. The van der Waals surface area contributed by atoms with Crippen LogP contribution in [0.25, 0.3) is 0 Å². The van der Waals surface area contributed by atoms with Gasteiger partial charge in [0.15, 0.2) is 0 Å². The zero-order valence-electron chi connectivity index (χ0n) is 8.70. The molecule has 0 bridgehead atoms. The van der Waals surface area contributed by atoms with E-state index in [1.807, 2.05) is 0 Å². The third-order valence-electron chi connectivity index (χ3n) is 1.40. The van der Waals surface area contributed by atoms with Crippen LogP contribution in [0.1, 0.15) is 0 Å². The quantitative estimate of drug-likeness (QED) is 0.465. The van der Waals surface area contributed by atoms with E-state index in [2.05, 4.69) is 13.8 Å². The predicted octanol–water partition coefficient (Wildman–Crippen LogP) is 0.721. The van der Waals surface area contributed by atoms with Crippen molar-refractivity contribution in [3.05, 3.63) is 13.8 Å². The maximum atomic E-state index is 5.21. The molecule has 4 heteroatoms. The van der Waals surface area contributed by atoms with Crippen molar-refractivity contribution in [3.63, 3.8) is 0 Å². The molecule has 0 N–H and O–H groups in total. The summed E-state index contributed by atoms with van der Waals surface area (Å²) in [7, 11) is 0. The third kappa shape index (κ3) is 11.8. The molecule has 0 aliphatic carbocycles. The van der Waals surface area contributed by atoms with Crippen LogP contribution in [0.4, 0.5) is 0 Å². The first-order valence-electron chi connectivity index (χ1n) is 4.81. The van der Waals surface area contributed by atoms with Crippen molar-refractivity contribution in [2.75, 3.05) is 52.9 Å². The van der Waals surface area contributed by atoms with E-state index in [4.69, 9.17) is 18.9 Å². The maximum Gasteiger partial charge on any atom is 0.0701 e. The van der Waals surface area contributed by atoms with Crippen LogP contribution >= 0.6 is 0 Å². The SMILES string of the molecule is [CH2]COCCOCCOCCOC[CH2]. The Bertz CT molecular complexity index is 86.1. The van der Waals surface area contributed by atoms with Crippen molar-refractivity contribution in [1.82, 2.24) is 0 Å². The van der Waals surface area contributed by atoms with Crippen LogP contribution < -0.4 is 0 Å². The number of hydrogen-bond acceptors (Lipinski definition) is 4. The van der Waals surface area contributed by atoms with Gasteiger partial charge >= 0.3 is 0 Å². The molecule has 0 fully saturated rings. The average Bonchev–Trinajstić information content (AvgIpc) is 2.21. The van der Waals surface area contributed by atoms with Crippen molar-refractivity contribution < 1.29 is 18.9 Å². The van der Waals surface area contributed by atoms with E-state index in [9.17, 15) is 0 Å². The van der Waals surface area contributed by atoms with Crippen LogP contribution in [0.15, 0.2) is 0 Å². The van der Waals surface area contributed by atoms with Gasteiger partial charge in [0.2, 0.25) is 0 Å². The van der Waals surface area contributed by atoms with E-state index >= 15 is 0 Å². The zero-order chi connectivity index (χ0) is 10.5. The van der Waals surface area contributed by atoms with E-state index in [1.54, 1.807) is 0 Å². The van der Waals surface area contributed by atoms with Gasteiger partial charge in [-0.1, -0.05) is 0 Å². The molecule has 0 heterocycles. The van der Waals surface area contributed by atoms with E-state index in [1.165, 1.54) is 0 Å². The Morgan fingerprint density at radius 2 is 0.786 bits per heavy atom.